The summed E-state index contributed by atoms with van der Waals surface area (Å²) < 4.78 is 10.6. The summed E-state index contributed by atoms with van der Waals surface area (Å²) in [5, 5.41) is 13.5. The molecule has 0 heterocycles. The molecule has 0 bridgehead atoms. The Bertz CT molecular complexity index is 802. The van der Waals surface area contributed by atoms with E-state index in [1.54, 1.807) is 30.3 Å². The number of hydrogen-bond acceptors (Lipinski definition) is 5. The molecule has 0 saturated heterocycles. The van der Waals surface area contributed by atoms with Crippen molar-refractivity contribution in [1.82, 2.24) is 0 Å². The van der Waals surface area contributed by atoms with Crippen LogP contribution in [0.1, 0.15) is 12.5 Å². The molecule has 2 aromatic rings. The van der Waals surface area contributed by atoms with Crippen molar-refractivity contribution in [2.24, 2.45) is 0 Å². The van der Waals surface area contributed by atoms with Crippen LogP contribution in [0.25, 0.3) is 6.08 Å². The highest BCUT2D eigenvalue weighted by Gasteiger charge is 2.08. The molecule has 0 saturated carbocycles. The molecule has 0 radical (unpaired) electrons. The summed E-state index contributed by atoms with van der Waals surface area (Å²) in [6.45, 7) is 2.30. The van der Waals surface area contributed by atoms with Gasteiger partial charge >= 0.3 is 0 Å². The number of non-ortho nitro benzene ring substituents is 1. The summed E-state index contributed by atoms with van der Waals surface area (Å²) in [5.41, 5.74) is 1.00. The van der Waals surface area contributed by atoms with Crippen LogP contribution >= 0.6 is 0 Å². The van der Waals surface area contributed by atoms with Crippen molar-refractivity contribution >= 4 is 23.4 Å². The van der Waals surface area contributed by atoms with Crippen LogP contribution in [0.4, 0.5) is 11.4 Å². The molecule has 0 aliphatic rings. The molecule has 1 N–H and O–H groups in total. The number of nitrogens with one attached hydrogen (secondary N) is 1. The minimum absolute atomic E-state index is 0.0333. The van der Waals surface area contributed by atoms with Gasteiger partial charge in [0.15, 0.2) is 0 Å². The number of carbonyl (C=O) groups excluding carboxylic acids is 1. The molecule has 25 heavy (non-hydrogen) atoms. The normalized spacial score (nSPS) is 10.5. The molecule has 0 atom stereocenters. The van der Waals surface area contributed by atoms with Crippen molar-refractivity contribution in [3.8, 4) is 11.5 Å². The Morgan fingerprint density at radius 1 is 1.28 bits per heavy atom. The van der Waals surface area contributed by atoms with Gasteiger partial charge in [-0.3, -0.25) is 14.9 Å². The predicted molar refractivity (Wildman–Crippen MR) is 94.9 cm³/mol. The van der Waals surface area contributed by atoms with Gasteiger partial charge in [-0.1, -0.05) is 12.1 Å². The van der Waals surface area contributed by atoms with Crippen LogP contribution in [-0.4, -0.2) is 24.5 Å². The largest absolute Gasteiger partial charge is 0.497 e. The van der Waals surface area contributed by atoms with Gasteiger partial charge in [0.25, 0.3) is 5.69 Å². The molecule has 0 aromatic heterocycles. The molecule has 0 aliphatic heterocycles. The van der Waals surface area contributed by atoms with E-state index in [0.29, 0.717) is 29.4 Å². The molecule has 0 spiro atoms. The fraction of sp³-hybridized carbons (Fsp3) is 0.167. The Hall–Kier alpha value is -3.35. The van der Waals surface area contributed by atoms with Crippen LogP contribution in [-0.2, 0) is 4.79 Å². The number of amides is 1. The molecule has 130 valence electrons. The summed E-state index contributed by atoms with van der Waals surface area (Å²) in [6.07, 6.45) is 2.80. The molecule has 2 aromatic carbocycles. The number of benzene rings is 2. The number of carbonyl (C=O) groups is 1. The third-order valence-corrected chi connectivity index (χ3v) is 3.25. The van der Waals surface area contributed by atoms with Crippen LogP contribution in [0, 0.1) is 10.1 Å². The van der Waals surface area contributed by atoms with Crippen LogP contribution in [0.2, 0.25) is 0 Å². The van der Waals surface area contributed by atoms with E-state index in [1.165, 1.54) is 31.4 Å². The van der Waals surface area contributed by atoms with E-state index < -0.39 is 4.92 Å². The summed E-state index contributed by atoms with van der Waals surface area (Å²) in [5.74, 6) is 0.725. The molecule has 7 nitrogen and oxygen atoms in total. The number of nitro groups is 1. The minimum atomic E-state index is -0.484. The summed E-state index contributed by atoms with van der Waals surface area (Å²) in [6, 6.07) is 11.1. The molecule has 0 fully saturated rings. The van der Waals surface area contributed by atoms with Gasteiger partial charge in [0.2, 0.25) is 5.91 Å². The van der Waals surface area contributed by atoms with Gasteiger partial charge in [0.05, 0.1) is 24.3 Å². The average Bonchev–Trinajstić information content (AvgIpc) is 2.62. The second kappa shape index (κ2) is 8.49. The van der Waals surface area contributed by atoms with E-state index >= 15 is 0 Å². The maximum absolute atomic E-state index is 12.1. The quantitative estimate of drug-likeness (QED) is 0.471. The molecule has 1 amide bonds. The van der Waals surface area contributed by atoms with E-state index in [1.807, 2.05) is 6.92 Å². The second-order valence-electron chi connectivity index (χ2n) is 4.97. The van der Waals surface area contributed by atoms with E-state index in [0.717, 1.165) is 0 Å². The van der Waals surface area contributed by atoms with E-state index in [4.69, 9.17) is 9.47 Å². The lowest BCUT2D eigenvalue weighted by atomic mass is 10.2. The van der Waals surface area contributed by atoms with E-state index in [-0.39, 0.29) is 11.6 Å². The Labute approximate surface area is 145 Å². The zero-order valence-electron chi connectivity index (χ0n) is 13.9. The van der Waals surface area contributed by atoms with Crippen molar-refractivity contribution in [3.05, 3.63) is 64.2 Å². The second-order valence-corrected chi connectivity index (χ2v) is 4.97. The SMILES string of the molecule is CCOc1ccc(OC)cc1NC(=O)C=Cc1cccc([N+](=O)[O-])c1. The van der Waals surface area contributed by atoms with Gasteiger partial charge < -0.3 is 14.8 Å². The number of hydrogen-bond donors (Lipinski definition) is 1. The van der Waals surface area contributed by atoms with Crippen LogP contribution in [0.15, 0.2) is 48.5 Å². The standard InChI is InChI=1S/C18H18N2O5/c1-3-25-17-9-8-15(24-2)12-16(17)19-18(21)10-7-13-5-4-6-14(11-13)20(22)23/h4-12H,3H2,1-2H3,(H,19,21). The molecular formula is C18H18N2O5. The lowest BCUT2D eigenvalue weighted by molar-refractivity contribution is -0.384. The first-order valence-corrected chi connectivity index (χ1v) is 7.58. The molecule has 7 heteroatoms. The highest BCUT2D eigenvalue weighted by Crippen LogP contribution is 2.29. The Morgan fingerprint density at radius 2 is 2.08 bits per heavy atom. The van der Waals surface area contributed by atoms with Crippen molar-refractivity contribution in [2.45, 2.75) is 6.92 Å². The first-order chi connectivity index (χ1) is 12.0. The van der Waals surface area contributed by atoms with E-state index in [9.17, 15) is 14.9 Å². The zero-order valence-corrected chi connectivity index (χ0v) is 13.9. The number of methoxy groups -OCH3 is 1. The third-order valence-electron chi connectivity index (χ3n) is 3.25. The van der Waals surface area contributed by atoms with Crippen molar-refractivity contribution in [2.75, 3.05) is 19.0 Å². The van der Waals surface area contributed by atoms with Gasteiger partial charge in [-0.05, 0) is 30.7 Å². The molecular weight excluding hydrogens is 324 g/mol. The fourth-order valence-electron chi connectivity index (χ4n) is 2.10. The monoisotopic (exact) mass is 342 g/mol. The number of anilines is 1. The number of rotatable bonds is 7. The van der Waals surface area contributed by atoms with Crippen LogP contribution in [0.3, 0.4) is 0 Å². The van der Waals surface area contributed by atoms with Crippen LogP contribution in [0.5, 0.6) is 11.5 Å². The van der Waals surface area contributed by atoms with Crippen LogP contribution < -0.4 is 14.8 Å². The summed E-state index contributed by atoms with van der Waals surface area (Å²) in [4.78, 5) is 22.4. The van der Waals surface area contributed by atoms with Gasteiger partial charge in [-0.25, -0.2) is 0 Å². The highest BCUT2D eigenvalue weighted by atomic mass is 16.6. The van der Waals surface area contributed by atoms with Gasteiger partial charge in [-0.15, -0.1) is 0 Å². The first kappa shape index (κ1) is 18.0. The zero-order chi connectivity index (χ0) is 18.2. The Kier molecular flexibility index (Phi) is 6.11. The average molecular weight is 342 g/mol. The van der Waals surface area contributed by atoms with Gasteiger partial charge in [0.1, 0.15) is 11.5 Å². The molecule has 2 rings (SSSR count). The van der Waals surface area contributed by atoms with Gasteiger partial charge in [-0.2, -0.15) is 0 Å². The molecule has 0 unspecified atom stereocenters. The minimum Gasteiger partial charge on any atom is -0.497 e. The Morgan fingerprint density at radius 3 is 2.76 bits per heavy atom. The lowest BCUT2D eigenvalue weighted by Gasteiger charge is -2.12. The summed E-state index contributed by atoms with van der Waals surface area (Å²) in [7, 11) is 1.53. The smallest absolute Gasteiger partial charge is 0.270 e. The molecule has 0 aliphatic carbocycles. The summed E-state index contributed by atoms with van der Waals surface area (Å²) >= 11 is 0. The lowest BCUT2D eigenvalue weighted by Crippen LogP contribution is -2.09. The maximum atomic E-state index is 12.1. The number of nitrogens with zero attached hydrogens (tertiary/aromatic N) is 1. The third kappa shape index (κ3) is 5.07. The first-order valence-electron chi connectivity index (χ1n) is 7.58. The maximum Gasteiger partial charge on any atom is 0.270 e. The van der Waals surface area contributed by atoms with E-state index in [2.05, 4.69) is 5.32 Å². The van der Waals surface area contributed by atoms with Crippen molar-refractivity contribution in [1.29, 1.82) is 0 Å². The fourth-order valence-corrected chi connectivity index (χ4v) is 2.10. The highest BCUT2D eigenvalue weighted by molar-refractivity contribution is 6.02. The van der Waals surface area contributed by atoms with Gasteiger partial charge in [0, 0.05) is 24.3 Å². The number of ether oxygens (including phenoxy) is 2. The number of nitro benzene ring substituents is 1. The van der Waals surface area contributed by atoms with Crippen molar-refractivity contribution in [3.63, 3.8) is 0 Å². The Balaban J connectivity index is 2.14. The topological polar surface area (TPSA) is 90.7 Å². The van der Waals surface area contributed by atoms with Crippen molar-refractivity contribution < 1.29 is 19.2 Å². The predicted octanol–water partition coefficient (Wildman–Crippen LogP) is 3.65.